The maximum Gasteiger partial charge on any atom is 0.0200 e. The van der Waals surface area contributed by atoms with E-state index in [0.717, 1.165) is 18.0 Å². The summed E-state index contributed by atoms with van der Waals surface area (Å²) in [5.41, 5.74) is 0. The van der Waals surface area contributed by atoms with Crippen LogP contribution in [0.1, 0.15) is 71.6 Å². The fourth-order valence-electron chi connectivity index (χ4n) is 4.03. The van der Waals surface area contributed by atoms with E-state index in [9.17, 15) is 0 Å². The smallest absolute Gasteiger partial charge is 0.0200 e. The molecule has 2 atom stereocenters. The van der Waals surface area contributed by atoms with Gasteiger partial charge in [0.2, 0.25) is 0 Å². The second-order valence-corrected chi connectivity index (χ2v) is 6.85. The molecule has 1 aliphatic heterocycles. The molecular formula is C17H34N2. The van der Waals surface area contributed by atoms with E-state index in [2.05, 4.69) is 24.1 Å². The molecule has 2 fully saturated rings. The van der Waals surface area contributed by atoms with Crippen LogP contribution in [0.25, 0.3) is 0 Å². The van der Waals surface area contributed by atoms with Crippen LogP contribution in [-0.2, 0) is 0 Å². The third kappa shape index (κ3) is 5.07. The van der Waals surface area contributed by atoms with Crippen molar-refractivity contribution in [3.05, 3.63) is 0 Å². The second kappa shape index (κ2) is 8.26. The number of unbranched alkanes of at least 4 members (excludes halogenated alkanes) is 1. The first-order valence-corrected chi connectivity index (χ1v) is 8.80. The lowest BCUT2D eigenvalue weighted by Gasteiger charge is -2.39. The molecular weight excluding hydrogens is 232 g/mol. The Morgan fingerprint density at radius 1 is 1.00 bits per heavy atom. The molecule has 2 aliphatic rings. The molecule has 2 heteroatoms. The van der Waals surface area contributed by atoms with Gasteiger partial charge in [-0.1, -0.05) is 39.5 Å². The first-order valence-electron chi connectivity index (χ1n) is 8.80. The highest BCUT2D eigenvalue weighted by molar-refractivity contribution is 4.87. The largest absolute Gasteiger partial charge is 0.310 e. The molecule has 112 valence electrons. The summed E-state index contributed by atoms with van der Waals surface area (Å²) in [5.74, 6) is 0.939. The minimum absolute atomic E-state index is 0.769. The van der Waals surface area contributed by atoms with Gasteiger partial charge >= 0.3 is 0 Å². The standard InChI is InChI=1S/C17H34N2/c1-3-5-11-19-13-15(8-4-2)12-17(14-19)18-16-9-6-7-10-16/h15-18H,3-14H2,1-2H3. The average molecular weight is 266 g/mol. The molecule has 19 heavy (non-hydrogen) atoms. The van der Waals surface area contributed by atoms with Gasteiger partial charge in [-0.05, 0) is 44.6 Å². The van der Waals surface area contributed by atoms with Gasteiger partial charge in [-0.2, -0.15) is 0 Å². The Kier molecular flexibility index (Phi) is 6.66. The Morgan fingerprint density at radius 2 is 1.79 bits per heavy atom. The van der Waals surface area contributed by atoms with Crippen molar-refractivity contribution in [2.45, 2.75) is 83.7 Å². The van der Waals surface area contributed by atoms with Gasteiger partial charge in [0.25, 0.3) is 0 Å². The predicted octanol–water partition coefficient (Wildman–Crippen LogP) is 3.81. The highest BCUT2D eigenvalue weighted by Crippen LogP contribution is 2.24. The van der Waals surface area contributed by atoms with Crippen molar-refractivity contribution in [2.24, 2.45) is 5.92 Å². The Morgan fingerprint density at radius 3 is 2.47 bits per heavy atom. The van der Waals surface area contributed by atoms with Crippen molar-refractivity contribution < 1.29 is 0 Å². The van der Waals surface area contributed by atoms with E-state index in [0.29, 0.717) is 0 Å². The Labute approximate surface area is 120 Å². The molecule has 0 radical (unpaired) electrons. The lowest BCUT2D eigenvalue weighted by molar-refractivity contribution is 0.128. The zero-order valence-corrected chi connectivity index (χ0v) is 13.2. The van der Waals surface area contributed by atoms with Crippen LogP contribution in [0.4, 0.5) is 0 Å². The number of likely N-dealkylation sites (tertiary alicyclic amines) is 1. The van der Waals surface area contributed by atoms with Crippen molar-refractivity contribution in [1.29, 1.82) is 0 Å². The Hall–Kier alpha value is -0.0800. The van der Waals surface area contributed by atoms with E-state index in [4.69, 9.17) is 0 Å². The molecule has 2 rings (SSSR count). The van der Waals surface area contributed by atoms with Gasteiger partial charge in [-0.15, -0.1) is 0 Å². The summed E-state index contributed by atoms with van der Waals surface area (Å²) >= 11 is 0. The quantitative estimate of drug-likeness (QED) is 0.754. The summed E-state index contributed by atoms with van der Waals surface area (Å²) in [4.78, 5) is 2.74. The van der Waals surface area contributed by atoms with Gasteiger partial charge < -0.3 is 10.2 Å². The van der Waals surface area contributed by atoms with E-state index < -0.39 is 0 Å². The van der Waals surface area contributed by atoms with Crippen LogP contribution in [0.5, 0.6) is 0 Å². The molecule has 1 N–H and O–H groups in total. The van der Waals surface area contributed by atoms with E-state index in [-0.39, 0.29) is 0 Å². The van der Waals surface area contributed by atoms with E-state index in [1.54, 1.807) is 0 Å². The van der Waals surface area contributed by atoms with Crippen LogP contribution in [0.2, 0.25) is 0 Å². The zero-order chi connectivity index (χ0) is 13.5. The molecule has 0 aromatic heterocycles. The van der Waals surface area contributed by atoms with Crippen LogP contribution in [-0.4, -0.2) is 36.6 Å². The molecule has 1 saturated carbocycles. The van der Waals surface area contributed by atoms with Crippen molar-refractivity contribution in [3.63, 3.8) is 0 Å². The number of hydrogen-bond donors (Lipinski definition) is 1. The molecule has 1 heterocycles. The number of nitrogens with zero attached hydrogens (tertiary/aromatic N) is 1. The van der Waals surface area contributed by atoms with Crippen LogP contribution in [0.15, 0.2) is 0 Å². The van der Waals surface area contributed by atoms with Gasteiger partial charge in [0.05, 0.1) is 0 Å². The van der Waals surface area contributed by atoms with Crippen molar-refractivity contribution in [2.75, 3.05) is 19.6 Å². The van der Waals surface area contributed by atoms with Gasteiger partial charge in [0.15, 0.2) is 0 Å². The summed E-state index contributed by atoms with van der Waals surface area (Å²) in [6, 6.07) is 1.60. The fraction of sp³-hybridized carbons (Fsp3) is 1.00. The minimum Gasteiger partial charge on any atom is -0.310 e. The van der Waals surface area contributed by atoms with Gasteiger partial charge in [-0.3, -0.25) is 0 Å². The summed E-state index contributed by atoms with van der Waals surface area (Å²) in [6.45, 7) is 8.62. The normalized spacial score (nSPS) is 30.0. The predicted molar refractivity (Wildman–Crippen MR) is 83.5 cm³/mol. The summed E-state index contributed by atoms with van der Waals surface area (Å²) in [5, 5.41) is 3.97. The highest BCUT2D eigenvalue weighted by atomic mass is 15.2. The third-order valence-corrected chi connectivity index (χ3v) is 4.96. The Bertz CT molecular complexity index is 235. The molecule has 2 nitrogen and oxygen atoms in total. The molecule has 2 unspecified atom stereocenters. The van der Waals surface area contributed by atoms with E-state index in [1.807, 2.05) is 0 Å². The second-order valence-electron chi connectivity index (χ2n) is 6.85. The summed E-state index contributed by atoms with van der Waals surface area (Å²) in [6.07, 6.45) is 12.6. The molecule has 0 aromatic carbocycles. The molecule has 0 spiro atoms. The van der Waals surface area contributed by atoms with Crippen molar-refractivity contribution in [3.8, 4) is 0 Å². The van der Waals surface area contributed by atoms with Crippen LogP contribution in [0, 0.1) is 5.92 Å². The lowest BCUT2D eigenvalue weighted by atomic mass is 9.90. The van der Waals surface area contributed by atoms with E-state index in [1.165, 1.54) is 77.4 Å². The monoisotopic (exact) mass is 266 g/mol. The van der Waals surface area contributed by atoms with Crippen LogP contribution in [0.3, 0.4) is 0 Å². The lowest BCUT2D eigenvalue weighted by Crippen LogP contribution is -2.51. The fourth-order valence-corrected chi connectivity index (χ4v) is 4.03. The van der Waals surface area contributed by atoms with Crippen molar-refractivity contribution in [1.82, 2.24) is 10.2 Å². The first kappa shape index (κ1) is 15.3. The molecule has 1 aliphatic carbocycles. The van der Waals surface area contributed by atoms with Gasteiger partial charge in [0, 0.05) is 25.2 Å². The number of rotatable bonds is 7. The summed E-state index contributed by atoms with van der Waals surface area (Å²) < 4.78 is 0. The zero-order valence-electron chi connectivity index (χ0n) is 13.2. The molecule has 0 amide bonds. The van der Waals surface area contributed by atoms with Crippen LogP contribution >= 0.6 is 0 Å². The SMILES string of the molecule is CCCCN1CC(CCC)CC(NC2CCCC2)C1. The Balaban J connectivity index is 1.81. The van der Waals surface area contributed by atoms with Gasteiger partial charge in [0.1, 0.15) is 0 Å². The third-order valence-electron chi connectivity index (χ3n) is 4.96. The van der Waals surface area contributed by atoms with Crippen molar-refractivity contribution >= 4 is 0 Å². The number of piperidine rings is 1. The summed E-state index contributed by atoms with van der Waals surface area (Å²) in [7, 11) is 0. The van der Waals surface area contributed by atoms with E-state index >= 15 is 0 Å². The van der Waals surface area contributed by atoms with Crippen LogP contribution < -0.4 is 5.32 Å². The number of hydrogen-bond acceptors (Lipinski definition) is 2. The maximum atomic E-state index is 3.97. The highest BCUT2D eigenvalue weighted by Gasteiger charge is 2.28. The molecule has 0 aromatic rings. The minimum atomic E-state index is 0.769. The topological polar surface area (TPSA) is 15.3 Å². The first-order chi connectivity index (χ1) is 9.31. The molecule has 1 saturated heterocycles. The molecule has 0 bridgehead atoms. The number of nitrogens with one attached hydrogen (secondary N) is 1. The maximum absolute atomic E-state index is 3.97. The van der Waals surface area contributed by atoms with Gasteiger partial charge in [-0.25, -0.2) is 0 Å². The average Bonchev–Trinajstić information content (AvgIpc) is 2.89.